The summed E-state index contributed by atoms with van der Waals surface area (Å²) in [4.78, 5) is 3.98. The Morgan fingerprint density at radius 1 is 0.330 bits per heavy atom. The molecule has 0 bridgehead atoms. The van der Waals surface area contributed by atoms with Gasteiger partial charge in [0.15, 0.2) is 0 Å². The predicted octanol–water partition coefficient (Wildman–Crippen LogP) is 27.0. The molecule has 0 aliphatic carbocycles. The Morgan fingerprint density at radius 3 is 1.12 bits per heavy atom. The lowest BCUT2D eigenvalue weighted by Crippen LogP contribution is -2.11. The highest BCUT2D eigenvalue weighted by atomic mass is 35.5. The minimum absolute atomic E-state index is 0.0671. The number of rotatable bonds is 9. The fourth-order valence-corrected chi connectivity index (χ4v) is 8.09. The lowest BCUT2D eigenvalue weighted by atomic mass is 10.0. The van der Waals surface area contributed by atoms with Crippen LogP contribution in [0.3, 0.4) is 0 Å². The Hall–Kier alpha value is -9.40. The molecular formula is C78H70Cl3F12N. The zero-order valence-electron chi connectivity index (χ0n) is 52.1. The van der Waals surface area contributed by atoms with Crippen LogP contribution in [0.4, 0.5) is 52.7 Å². The molecule has 9 aromatic rings. The zero-order valence-corrected chi connectivity index (χ0v) is 54.3. The van der Waals surface area contributed by atoms with E-state index in [2.05, 4.69) is 128 Å². The quantitative estimate of drug-likeness (QED) is 0.131. The van der Waals surface area contributed by atoms with Gasteiger partial charge in [0.2, 0.25) is 0 Å². The minimum Gasteiger partial charge on any atom is -0.257 e. The van der Waals surface area contributed by atoms with Crippen LogP contribution in [0.1, 0.15) is 89.1 Å². The van der Waals surface area contributed by atoms with E-state index in [1.165, 1.54) is 75.9 Å². The minimum atomic E-state index is -4.81. The van der Waals surface area contributed by atoms with Crippen LogP contribution in [0.25, 0.3) is 54.7 Å². The van der Waals surface area contributed by atoms with E-state index in [1.807, 2.05) is 54.6 Å². The smallest absolute Gasteiger partial charge is 0.257 e. The van der Waals surface area contributed by atoms with Crippen molar-refractivity contribution in [1.29, 1.82) is 0 Å². The Balaban J connectivity index is 0.000000532. The van der Waals surface area contributed by atoms with Crippen molar-refractivity contribution in [3.05, 3.63) is 369 Å². The van der Waals surface area contributed by atoms with Gasteiger partial charge in [-0.3, -0.25) is 4.98 Å². The lowest BCUT2D eigenvalue weighted by Gasteiger charge is -2.12. The van der Waals surface area contributed by atoms with Gasteiger partial charge in [-0.05, 0) is 158 Å². The molecule has 0 radical (unpaired) electrons. The van der Waals surface area contributed by atoms with Crippen LogP contribution in [-0.2, 0) is 18.5 Å². The van der Waals surface area contributed by atoms with Gasteiger partial charge in [0.25, 0.3) is 0 Å². The van der Waals surface area contributed by atoms with Crippen LogP contribution < -0.4 is 0 Å². The van der Waals surface area contributed by atoms with E-state index in [0.29, 0.717) is 33.3 Å². The second-order valence-corrected chi connectivity index (χ2v) is 20.4. The summed E-state index contributed by atoms with van der Waals surface area (Å²) in [6.45, 7) is 39.9. The topological polar surface area (TPSA) is 12.9 Å². The number of hydrogen-bond acceptors (Lipinski definition) is 1. The average Bonchev–Trinajstić information content (AvgIpc) is 0.840. The van der Waals surface area contributed by atoms with Crippen LogP contribution in [0.5, 0.6) is 0 Å². The molecule has 94 heavy (non-hydrogen) atoms. The Kier molecular flexibility index (Phi) is 37.5. The number of hydrogen-bond donors (Lipinski definition) is 0. The molecule has 8 aromatic carbocycles. The first-order chi connectivity index (χ1) is 44.3. The first-order valence-electron chi connectivity index (χ1n) is 27.8. The standard InChI is InChI=1S/C11H14.C10H6F6.C9H7F3.C9H10.C8H6Cl2.C8H7Cl.C8H6F2.C8H7F.C7H7N/c1-5-11-9(3)6-8(2)7-10(11)4;1-2-6-3-7(9(11,12)13)5-8(4-6)10(14,15)16;1-2-7-4-3-5-8(6-7)9(10,11)12;1-3-9-6-4-8(2)5-7-9;1-2-6-7(9)4-3-5-8(6)10;1-2-7-4-3-5-8(9)6-7;1-2-6-7(9)4-3-5-8(6)10;1-2-7-5-3-4-6-8(7)9;1-2-7-5-3-4-6-8-7/h5-7H,1H2,2-4H3;2-5H,1H2;2-6H,1H2;3-7H,1H2,2H3;2-5H,1H2;2-6H,1H2;2-5H,1H2;2-6H,1H2;2-6H,1H2. The highest BCUT2D eigenvalue weighted by molar-refractivity contribution is 6.37. The molecule has 0 fully saturated rings. The highest BCUT2D eigenvalue weighted by Gasteiger charge is 2.36. The van der Waals surface area contributed by atoms with Crippen LogP contribution in [0.15, 0.2) is 247 Å². The van der Waals surface area contributed by atoms with Crippen LogP contribution >= 0.6 is 34.8 Å². The van der Waals surface area contributed by atoms with Crippen LogP contribution in [0, 0.1) is 45.1 Å². The number of aromatic nitrogens is 1. The number of aryl methyl sites for hydroxylation is 4. The van der Waals surface area contributed by atoms with E-state index in [-0.39, 0.29) is 23.0 Å². The summed E-state index contributed by atoms with van der Waals surface area (Å²) >= 11 is 17.2. The number of nitrogens with zero attached hydrogens (tertiary/aromatic N) is 1. The van der Waals surface area contributed by atoms with E-state index in [9.17, 15) is 52.7 Å². The fourth-order valence-electron chi connectivity index (χ4n) is 7.34. The van der Waals surface area contributed by atoms with Crippen molar-refractivity contribution in [2.24, 2.45) is 0 Å². The summed E-state index contributed by atoms with van der Waals surface area (Å²) in [6, 6.07) is 47.9. The van der Waals surface area contributed by atoms with E-state index < -0.39 is 46.9 Å². The highest BCUT2D eigenvalue weighted by Crippen LogP contribution is 2.37. The van der Waals surface area contributed by atoms with E-state index in [4.69, 9.17) is 34.8 Å². The molecule has 0 unspecified atom stereocenters. The third-order valence-corrected chi connectivity index (χ3v) is 13.0. The number of pyridine rings is 1. The zero-order chi connectivity index (χ0) is 71.2. The number of benzene rings is 8. The largest absolute Gasteiger partial charge is 0.416 e. The van der Waals surface area contributed by atoms with Crippen molar-refractivity contribution in [3.63, 3.8) is 0 Å². The summed E-state index contributed by atoms with van der Waals surface area (Å²) in [6.07, 6.45) is 1.74. The van der Waals surface area contributed by atoms with Gasteiger partial charge < -0.3 is 0 Å². The summed E-state index contributed by atoms with van der Waals surface area (Å²) in [7, 11) is 0. The summed E-state index contributed by atoms with van der Waals surface area (Å²) < 4.78 is 147. The molecular weight excluding hydrogens is 1290 g/mol. The summed E-state index contributed by atoms with van der Waals surface area (Å²) in [5, 5.41) is 2.04. The Morgan fingerprint density at radius 2 is 0.755 bits per heavy atom. The van der Waals surface area contributed by atoms with Crippen molar-refractivity contribution in [1.82, 2.24) is 4.98 Å². The Labute approximate surface area is 559 Å². The third kappa shape index (κ3) is 31.8. The number of halogens is 15. The van der Waals surface area contributed by atoms with Gasteiger partial charge in [-0.2, -0.15) is 39.5 Å². The predicted molar refractivity (Wildman–Crippen MR) is 375 cm³/mol. The number of alkyl halides is 9. The van der Waals surface area contributed by atoms with Crippen molar-refractivity contribution in [2.45, 2.75) is 46.2 Å². The van der Waals surface area contributed by atoms with E-state index in [0.717, 1.165) is 46.1 Å². The van der Waals surface area contributed by atoms with Gasteiger partial charge in [-0.15, -0.1) is 0 Å². The van der Waals surface area contributed by atoms with Crippen molar-refractivity contribution >= 4 is 89.5 Å². The van der Waals surface area contributed by atoms with Gasteiger partial charge in [0, 0.05) is 38.0 Å². The first kappa shape index (κ1) is 82.6. The van der Waals surface area contributed by atoms with Crippen molar-refractivity contribution < 1.29 is 52.7 Å². The second-order valence-electron chi connectivity index (χ2n) is 19.1. The molecule has 0 atom stereocenters. The molecule has 1 heterocycles. The first-order valence-corrected chi connectivity index (χ1v) is 28.9. The summed E-state index contributed by atoms with van der Waals surface area (Å²) in [5.41, 5.74) is 7.92. The molecule has 0 aliphatic rings. The maximum atomic E-state index is 12.5. The van der Waals surface area contributed by atoms with Crippen molar-refractivity contribution in [3.8, 4) is 0 Å². The summed E-state index contributed by atoms with van der Waals surface area (Å²) in [5.74, 6) is -1.36. The van der Waals surface area contributed by atoms with Gasteiger partial charge in [0.05, 0.1) is 22.4 Å². The van der Waals surface area contributed by atoms with Gasteiger partial charge in [-0.1, -0.05) is 251 Å². The monoisotopic (exact) mass is 1350 g/mol. The normalized spacial score (nSPS) is 10.0. The lowest BCUT2D eigenvalue weighted by molar-refractivity contribution is -0.143. The molecule has 1 nitrogen and oxygen atoms in total. The molecule has 0 saturated heterocycles. The SMILES string of the molecule is C=Cc1c(C)cc(C)cc1C.C=Cc1c(Cl)cccc1Cl.C=Cc1c(F)cccc1F.C=Cc1cc(C(F)(F)F)cc(C(F)(F)F)c1.C=Cc1ccc(C)cc1.C=Cc1cccc(C(F)(F)F)c1.C=Cc1cccc(Cl)c1.C=Cc1ccccc1F.C=Cc1ccccn1. The van der Waals surface area contributed by atoms with Crippen LogP contribution in [0.2, 0.25) is 15.1 Å². The molecule has 0 spiro atoms. The Bertz CT molecular complexity index is 3730. The molecule has 1 aromatic heterocycles. The third-order valence-electron chi connectivity index (χ3n) is 12.1. The maximum absolute atomic E-state index is 12.5. The fraction of sp³-hybridized carbons (Fsp3) is 0.0897. The molecule has 16 heteroatoms. The van der Waals surface area contributed by atoms with Crippen LogP contribution in [-0.4, -0.2) is 4.98 Å². The second kappa shape index (κ2) is 42.7. The molecule has 0 aliphatic heterocycles. The van der Waals surface area contributed by atoms with E-state index in [1.54, 1.807) is 66.9 Å². The van der Waals surface area contributed by atoms with Gasteiger partial charge in [0.1, 0.15) is 17.5 Å². The maximum Gasteiger partial charge on any atom is 0.416 e. The molecule has 0 saturated carbocycles. The molecule has 0 amide bonds. The van der Waals surface area contributed by atoms with Gasteiger partial charge in [-0.25, -0.2) is 13.2 Å². The average molecular weight is 1360 g/mol. The molecule has 0 N–H and O–H groups in total. The van der Waals surface area contributed by atoms with E-state index >= 15 is 0 Å². The van der Waals surface area contributed by atoms with Crippen molar-refractivity contribution in [2.75, 3.05) is 0 Å². The molecule has 9 rings (SSSR count). The molecule has 492 valence electrons. The van der Waals surface area contributed by atoms with Gasteiger partial charge >= 0.3 is 18.5 Å².